The number of hydrogen-bond donors (Lipinski definition) is 1. The van der Waals surface area contributed by atoms with Crippen molar-refractivity contribution in [2.24, 2.45) is 16.8 Å². The number of methoxy groups -OCH3 is 1. The normalized spacial score (nSPS) is 36.8. The highest BCUT2D eigenvalue weighted by atomic mass is 16.5. The number of carbonyl (C=O) groups excluding carboxylic acids is 1. The molecule has 1 aromatic carbocycles. The summed E-state index contributed by atoms with van der Waals surface area (Å²) in [7, 11) is 1.48. The maximum Gasteiger partial charge on any atom is 0.310 e. The van der Waals surface area contributed by atoms with E-state index in [4.69, 9.17) is 9.73 Å². The molecule has 2 saturated heterocycles. The Bertz CT molecular complexity index is 843. The lowest BCUT2D eigenvalue weighted by molar-refractivity contribution is -0.151. The van der Waals surface area contributed by atoms with Crippen molar-refractivity contribution in [1.29, 1.82) is 0 Å². The summed E-state index contributed by atoms with van der Waals surface area (Å²) in [5.74, 6) is 0.00935. The third kappa shape index (κ3) is 1.72. The van der Waals surface area contributed by atoms with Crippen molar-refractivity contribution in [3.8, 4) is 5.75 Å². The molecule has 3 bridgehead atoms. The summed E-state index contributed by atoms with van der Waals surface area (Å²) < 4.78 is 5.27. The minimum Gasteiger partial charge on any atom is -0.508 e. The number of carbonyl (C=O) groups is 1. The highest BCUT2D eigenvalue weighted by Gasteiger charge is 2.65. The topological polar surface area (TPSA) is 62.1 Å². The monoisotopic (exact) mass is 338 g/mol. The van der Waals surface area contributed by atoms with Crippen LogP contribution in [-0.4, -0.2) is 47.9 Å². The van der Waals surface area contributed by atoms with Gasteiger partial charge in [0.15, 0.2) is 0 Å². The van der Waals surface area contributed by atoms with E-state index in [-0.39, 0.29) is 29.6 Å². The Labute approximate surface area is 147 Å². The van der Waals surface area contributed by atoms with Crippen molar-refractivity contribution in [2.75, 3.05) is 20.2 Å². The third-order valence-corrected chi connectivity index (χ3v) is 6.81. The van der Waals surface area contributed by atoms with E-state index in [1.807, 2.05) is 12.1 Å². The van der Waals surface area contributed by atoms with Gasteiger partial charge in [-0.05, 0) is 49.4 Å². The second-order valence-electron chi connectivity index (χ2n) is 7.61. The van der Waals surface area contributed by atoms with Gasteiger partial charge in [-0.15, -0.1) is 0 Å². The van der Waals surface area contributed by atoms with Gasteiger partial charge in [0.25, 0.3) is 0 Å². The maximum absolute atomic E-state index is 13.0. The van der Waals surface area contributed by atoms with Crippen molar-refractivity contribution in [3.05, 3.63) is 35.4 Å². The number of ether oxygens (including phenoxy) is 1. The molecular weight excluding hydrogens is 316 g/mol. The minimum atomic E-state index is -0.431. The van der Waals surface area contributed by atoms with Gasteiger partial charge in [-0.2, -0.15) is 0 Å². The van der Waals surface area contributed by atoms with E-state index in [2.05, 4.69) is 17.9 Å². The predicted octanol–water partition coefficient (Wildman–Crippen LogP) is 2.56. The van der Waals surface area contributed by atoms with Gasteiger partial charge in [0.05, 0.1) is 24.1 Å². The van der Waals surface area contributed by atoms with E-state index in [0.29, 0.717) is 0 Å². The number of hydrogen-bond acceptors (Lipinski definition) is 5. The molecule has 1 aliphatic carbocycles. The van der Waals surface area contributed by atoms with Crippen LogP contribution in [0.15, 0.2) is 34.8 Å². The van der Waals surface area contributed by atoms with Crippen molar-refractivity contribution >= 4 is 17.4 Å². The molecule has 4 aliphatic rings. The Morgan fingerprint density at radius 1 is 1.48 bits per heavy atom. The first-order chi connectivity index (χ1) is 12.1. The van der Waals surface area contributed by atoms with Gasteiger partial charge in [-0.25, -0.2) is 0 Å². The van der Waals surface area contributed by atoms with E-state index in [1.165, 1.54) is 12.7 Å². The summed E-state index contributed by atoms with van der Waals surface area (Å²) in [6.45, 7) is 3.92. The second kappa shape index (κ2) is 4.94. The molecule has 3 aliphatic heterocycles. The highest BCUT2D eigenvalue weighted by Crippen LogP contribution is 2.60. The molecular formula is C20H22N2O3. The van der Waals surface area contributed by atoms with Crippen LogP contribution in [0.4, 0.5) is 5.69 Å². The fraction of sp³-hybridized carbons (Fsp3) is 0.500. The first-order valence-corrected chi connectivity index (χ1v) is 8.99. The standard InChI is InChI=1S/C20H22N2O3/c1-3-11-10-22-7-6-20-14-8-12(23)4-5-15(14)21-18(20)16(22)9-13(11)17(20)19(24)25-2/h3-5,8,13,16-17,23H,6-7,9-10H2,1-2H3/b11-3-/t13-,16-,17?,20-/m0/s1. The molecule has 1 saturated carbocycles. The Morgan fingerprint density at radius 2 is 2.32 bits per heavy atom. The quantitative estimate of drug-likeness (QED) is 0.631. The number of phenols is 1. The highest BCUT2D eigenvalue weighted by molar-refractivity contribution is 6.09. The van der Waals surface area contributed by atoms with Crippen LogP contribution in [0.5, 0.6) is 5.75 Å². The van der Waals surface area contributed by atoms with E-state index in [0.717, 1.165) is 42.9 Å². The molecule has 1 N–H and O–H groups in total. The van der Waals surface area contributed by atoms with Crippen molar-refractivity contribution in [3.63, 3.8) is 0 Å². The fourth-order valence-corrected chi connectivity index (χ4v) is 5.80. The fourth-order valence-electron chi connectivity index (χ4n) is 5.80. The predicted molar refractivity (Wildman–Crippen MR) is 94.2 cm³/mol. The lowest BCUT2D eigenvalue weighted by Gasteiger charge is -2.59. The van der Waals surface area contributed by atoms with Crippen LogP contribution in [-0.2, 0) is 14.9 Å². The van der Waals surface area contributed by atoms with Gasteiger partial charge in [0.1, 0.15) is 5.75 Å². The molecule has 3 heterocycles. The molecule has 5 rings (SSSR count). The zero-order chi connectivity index (χ0) is 17.3. The lowest BCUT2D eigenvalue weighted by Crippen LogP contribution is -2.68. The Hall–Kier alpha value is -2.14. The number of allylic oxidation sites excluding steroid dienone is 1. The van der Waals surface area contributed by atoms with Crippen LogP contribution < -0.4 is 0 Å². The third-order valence-electron chi connectivity index (χ3n) is 6.81. The minimum absolute atomic E-state index is 0.151. The Kier molecular flexibility index (Phi) is 2.99. The van der Waals surface area contributed by atoms with Gasteiger partial charge in [-0.3, -0.25) is 14.7 Å². The Morgan fingerprint density at radius 3 is 3.08 bits per heavy atom. The van der Waals surface area contributed by atoms with Crippen molar-refractivity contribution < 1.29 is 14.6 Å². The number of esters is 1. The average Bonchev–Trinajstić information content (AvgIpc) is 2.95. The van der Waals surface area contributed by atoms with Crippen molar-refractivity contribution in [1.82, 2.24) is 4.90 Å². The number of piperidine rings is 2. The SMILES string of the molecule is C/C=C1/CN2CC[C@]34C(=Nc5ccc(O)cc53)[C@@H]2C[C@@H]1C4C(=O)OC. The molecule has 1 unspecified atom stereocenters. The summed E-state index contributed by atoms with van der Waals surface area (Å²) in [6, 6.07) is 5.66. The van der Waals surface area contributed by atoms with Crippen LogP contribution in [0.1, 0.15) is 25.3 Å². The zero-order valence-electron chi connectivity index (χ0n) is 14.5. The average molecular weight is 338 g/mol. The van der Waals surface area contributed by atoms with Gasteiger partial charge in [-0.1, -0.05) is 11.6 Å². The molecule has 130 valence electrons. The maximum atomic E-state index is 13.0. The van der Waals surface area contributed by atoms with Crippen LogP contribution in [0.25, 0.3) is 0 Å². The number of phenolic OH excluding ortho intramolecular Hbond substituents is 1. The van der Waals surface area contributed by atoms with Gasteiger partial charge >= 0.3 is 5.97 Å². The van der Waals surface area contributed by atoms with E-state index >= 15 is 0 Å². The molecule has 4 atom stereocenters. The molecule has 0 aromatic heterocycles. The summed E-state index contributed by atoms with van der Waals surface area (Å²) in [4.78, 5) is 20.4. The molecule has 0 spiro atoms. The van der Waals surface area contributed by atoms with Crippen LogP contribution in [0, 0.1) is 11.8 Å². The first-order valence-electron chi connectivity index (χ1n) is 8.99. The van der Waals surface area contributed by atoms with Crippen molar-refractivity contribution in [2.45, 2.75) is 31.2 Å². The number of fused-ring (bicyclic) bond motifs is 2. The number of aliphatic imine (C=N–C) groups is 1. The summed E-state index contributed by atoms with van der Waals surface area (Å²) in [5.41, 5.74) is 3.92. The summed E-state index contributed by atoms with van der Waals surface area (Å²) in [5, 5.41) is 10.1. The number of nitrogens with zero attached hydrogens (tertiary/aromatic N) is 2. The second-order valence-corrected chi connectivity index (χ2v) is 7.61. The molecule has 1 aromatic rings. The lowest BCUT2D eigenvalue weighted by atomic mass is 9.51. The van der Waals surface area contributed by atoms with Crippen LogP contribution >= 0.6 is 0 Å². The molecule has 25 heavy (non-hydrogen) atoms. The molecule has 5 nitrogen and oxygen atoms in total. The molecule has 0 radical (unpaired) electrons. The first kappa shape index (κ1) is 15.1. The smallest absolute Gasteiger partial charge is 0.310 e. The summed E-state index contributed by atoms with van der Waals surface area (Å²) >= 11 is 0. The van der Waals surface area contributed by atoms with E-state index in [9.17, 15) is 9.90 Å². The zero-order valence-corrected chi connectivity index (χ0v) is 14.5. The molecule has 3 fully saturated rings. The van der Waals surface area contributed by atoms with Crippen LogP contribution in [0.3, 0.4) is 0 Å². The largest absolute Gasteiger partial charge is 0.508 e. The van der Waals surface area contributed by atoms with E-state index < -0.39 is 5.41 Å². The van der Waals surface area contributed by atoms with E-state index in [1.54, 1.807) is 6.07 Å². The van der Waals surface area contributed by atoms with Crippen LogP contribution in [0.2, 0.25) is 0 Å². The van der Waals surface area contributed by atoms with Gasteiger partial charge < -0.3 is 9.84 Å². The Balaban J connectivity index is 1.79. The number of benzene rings is 1. The molecule has 0 amide bonds. The van der Waals surface area contributed by atoms with Gasteiger partial charge in [0, 0.05) is 24.8 Å². The van der Waals surface area contributed by atoms with Gasteiger partial charge in [0.2, 0.25) is 0 Å². The molecule has 5 heteroatoms. The number of aromatic hydroxyl groups is 1. The number of rotatable bonds is 1. The summed E-state index contributed by atoms with van der Waals surface area (Å²) in [6.07, 6.45) is 3.95.